The molecular formula is C20H28Cl4N2O2. The predicted octanol–water partition coefficient (Wildman–Crippen LogP) is 5.51. The van der Waals surface area contributed by atoms with Gasteiger partial charge in [0.15, 0.2) is 11.5 Å². The highest BCUT2D eigenvalue weighted by atomic mass is 35.5. The molecule has 4 nitrogen and oxygen atoms in total. The maximum Gasteiger partial charge on any atom is 0.161 e. The van der Waals surface area contributed by atoms with Crippen LogP contribution in [-0.2, 0) is 13.2 Å². The van der Waals surface area contributed by atoms with Crippen LogP contribution in [0, 0.1) is 0 Å². The summed E-state index contributed by atoms with van der Waals surface area (Å²) < 4.78 is 11.3. The molecule has 0 aliphatic heterocycles. The Morgan fingerprint density at radius 3 is 2.36 bits per heavy atom. The summed E-state index contributed by atoms with van der Waals surface area (Å²) in [6.07, 6.45) is 1.11. The maximum atomic E-state index is 6.19. The lowest BCUT2D eigenvalue weighted by atomic mass is 10.2. The molecule has 0 saturated heterocycles. The molecule has 0 heterocycles. The van der Waals surface area contributed by atoms with Gasteiger partial charge in [0.2, 0.25) is 0 Å². The summed E-state index contributed by atoms with van der Waals surface area (Å²) in [6.45, 7) is 6.29. The summed E-state index contributed by atoms with van der Waals surface area (Å²) in [5.41, 5.74) is 2.03. The first-order chi connectivity index (χ1) is 12.6. The summed E-state index contributed by atoms with van der Waals surface area (Å²) in [6, 6.07) is 11.3. The molecule has 0 aromatic heterocycles. The van der Waals surface area contributed by atoms with E-state index in [1.807, 2.05) is 24.3 Å². The zero-order valence-electron chi connectivity index (χ0n) is 16.1. The Morgan fingerprint density at radius 1 is 0.929 bits per heavy atom. The van der Waals surface area contributed by atoms with Crippen LogP contribution in [0.4, 0.5) is 0 Å². The van der Waals surface area contributed by atoms with E-state index in [4.69, 9.17) is 32.7 Å². The maximum absolute atomic E-state index is 6.19. The average molecular weight is 470 g/mol. The molecule has 8 heteroatoms. The molecule has 0 bridgehead atoms. The molecule has 28 heavy (non-hydrogen) atoms. The van der Waals surface area contributed by atoms with E-state index in [0.29, 0.717) is 28.2 Å². The van der Waals surface area contributed by atoms with Gasteiger partial charge in [-0.25, -0.2) is 0 Å². The standard InChI is InChI=1S/C20H26Cl2N2O2.2ClH/c1-3-23-9-4-10-24-13-15-5-8-19(20(11-15)25-2)26-14-16-6-7-17(21)12-18(16)22;;/h5-8,11-12,23-24H,3-4,9-10,13-14H2,1-2H3;2*1H. The van der Waals surface area contributed by atoms with Crippen LogP contribution in [0.5, 0.6) is 11.5 Å². The zero-order valence-corrected chi connectivity index (χ0v) is 19.2. The molecule has 0 unspecified atom stereocenters. The SMILES string of the molecule is CCNCCCNCc1ccc(OCc2ccc(Cl)cc2Cl)c(OC)c1.Cl.Cl. The zero-order chi connectivity index (χ0) is 18.8. The monoisotopic (exact) mass is 468 g/mol. The van der Waals surface area contributed by atoms with Crippen molar-refractivity contribution in [3.63, 3.8) is 0 Å². The number of hydrogen-bond donors (Lipinski definition) is 2. The van der Waals surface area contributed by atoms with E-state index in [1.54, 1.807) is 19.2 Å². The predicted molar refractivity (Wildman–Crippen MR) is 123 cm³/mol. The van der Waals surface area contributed by atoms with Gasteiger partial charge in [-0.05, 0) is 55.9 Å². The Hall–Kier alpha value is -0.880. The van der Waals surface area contributed by atoms with Crippen molar-refractivity contribution >= 4 is 48.0 Å². The second kappa shape index (κ2) is 15.0. The normalized spacial score (nSPS) is 10.0. The fraction of sp³-hybridized carbons (Fsp3) is 0.400. The Morgan fingerprint density at radius 2 is 1.68 bits per heavy atom. The Bertz CT molecular complexity index is 702. The number of nitrogens with one attached hydrogen (secondary N) is 2. The number of benzene rings is 2. The first-order valence-corrected chi connectivity index (χ1v) is 9.54. The third-order valence-corrected chi connectivity index (χ3v) is 4.50. The van der Waals surface area contributed by atoms with Crippen molar-refractivity contribution in [2.75, 3.05) is 26.7 Å². The topological polar surface area (TPSA) is 42.5 Å². The van der Waals surface area contributed by atoms with Gasteiger partial charge in [0.25, 0.3) is 0 Å². The van der Waals surface area contributed by atoms with Crippen molar-refractivity contribution in [3.05, 3.63) is 57.6 Å². The summed E-state index contributed by atoms with van der Waals surface area (Å²) in [4.78, 5) is 0. The number of ether oxygens (including phenoxy) is 2. The summed E-state index contributed by atoms with van der Waals surface area (Å²) in [7, 11) is 1.64. The fourth-order valence-corrected chi connectivity index (χ4v) is 2.95. The van der Waals surface area contributed by atoms with E-state index in [2.05, 4.69) is 17.6 Å². The Kier molecular flexibility index (Phi) is 14.6. The van der Waals surface area contributed by atoms with Crippen molar-refractivity contribution in [1.82, 2.24) is 10.6 Å². The van der Waals surface area contributed by atoms with Crippen LogP contribution in [0.25, 0.3) is 0 Å². The van der Waals surface area contributed by atoms with Crippen LogP contribution < -0.4 is 20.1 Å². The molecule has 0 saturated carbocycles. The molecule has 0 spiro atoms. The van der Waals surface area contributed by atoms with Crippen molar-refractivity contribution in [3.8, 4) is 11.5 Å². The summed E-state index contributed by atoms with van der Waals surface area (Å²) >= 11 is 12.1. The third-order valence-electron chi connectivity index (χ3n) is 3.91. The molecule has 0 aliphatic carbocycles. The molecule has 0 amide bonds. The minimum atomic E-state index is 0. The molecule has 0 radical (unpaired) electrons. The molecule has 2 aromatic carbocycles. The first-order valence-electron chi connectivity index (χ1n) is 8.79. The molecule has 0 fully saturated rings. The molecule has 2 aromatic rings. The van der Waals surface area contributed by atoms with E-state index < -0.39 is 0 Å². The lowest BCUT2D eigenvalue weighted by Gasteiger charge is -2.13. The molecular weight excluding hydrogens is 442 g/mol. The highest BCUT2D eigenvalue weighted by Gasteiger charge is 2.08. The van der Waals surface area contributed by atoms with Gasteiger partial charge in [0.05, 0.1) is 7.11 Å². The van der Waals surface area contributed by atoms with Crippen LogP contribution in [0.1, 0.15) is 24.5 Å². The molecule has 2 rings (SSSR count). The molecule has 0 aliphatic rings. The van der Waals surface area contributed by atoms with Crippen LogP contribution in [0.2, 0.25) is 10.0 Å². The van der Waals surface area contributed by atoms with E-state index in [9.17, 15) is 0 Å². The lowest BCUT2D eigenvalue weighted by molar-refractivity contribution is 0.284. The van der Waals surface area contributed by atoms with Gasteiger partial charge in [-0.15, -0.1) is 24.8 Å². The molecule has 158 valence electrons. The van der Waals surface area contributed by atoms with E-state index in [-0.39, 0.29) is 24.8 Å². The van der Waals surface area contributed by atoms with Gasteiger partial charge in [-0.3, -0.25) is 0 Å². The van der Waals surface area contributed by atoms with E-state index in [1.165, 1.54) is 0 Å². The molecule has 0 atom stereocenters. The number of halogens is 4. The van der Waals surface area contributed by atoms with E-state index >= 15 is 0 Å². The largest absolute Gasteiger partial charge is 0.493 e. The van der Waals surface area contributed by atoms with Crippen molar-refractivity contribution in [1.29, 1.82) is 0 Å². The van der Waals surface area contributed by atoms with Gasteiger partial charge >= 0.3 is 0 Å². The fourth-order valence-electron chi connectivity index (χ4n) is 2.48. The highest BCUT2D eigenvalue weighted by Crippen LogP contribution is 2.30. The van der Waals surface area contributed by atoms with Gasteiger partial charge in [0, 0.05) is 22.2 Å². The van der Waals surface area contributed by atoms with Gasteiger partial charge in [-0.2, -0.15) is 0 Å². The molecule has 2 N–H and O–H groups in total. The van der Waals surface area contributed by atoms with Gasteiger partial charge in [-0.1, -0.05) is 42.3 Å². The quantitative estimate of drug-likeness (QED) is 0.425. The third kappa shape index (κ3) is 9.08. The van der Waals surface area contributed by atoms with Crippen molar-refractivity contribution in [2.24, 2.45) is 0 Å². The van der Waals surface area contributed by atoms with Gasteiger partial charge < -0.3 is 20.1 Å². The highest BCUT2D eigenvalue weighted by molar-refractivity contribution is 6.35. The number of rotatable bonds is 11. The Balaban J connectivity index is 0.00000364. The minimum Gasteiger partial charge on any atom is -0.493 e. The van der Waals surface area contributed by atoms with Crippen LogP contribution in [0.15, 0.2) is 36.4 Å². The number of hydrogen-bond acceptors (Lipinski definition) is 4. The van der Waals surface area contributed by atoms with Gasteiger partial charge in [0.1, 0.15) is 6.61 Å². The van der Waals surface area contributed by atoms with Crippen LogP contribution in [-0.4, -0.2) is 26.7 Å². The second-order valence-electron chi connectivity index (χ2n) is 5.89. The summed E-state index contributed by atoms with van der Waals surface area (Å²) in [5.74, 6) is 1.40. The smallest absolute Gasteiger partial charge is 0.161 e. The average Bonchev–Trinajstić information content (AvgIpc) is 2.64. The Labute approximate surface area is 190 Å². The summed E-state index contributed by atoms with van der Waals surface area (Å²) in [5, 5.41) is 7.95. The lowest BCUT2D eigenvalue weighted by Crippen LogP contribution is -2.21. The number of methoxy groups -OCH3 is 1. The van der Waals surface area contributed by atoms with Crippen molar-refractivity contribution < 1.29 is 9.47 Å². The second-order valence-corrected chi connectivity index (χ2v) is 6.74. The minimum absolute atomic E-state index is 0. The van der Waals surface area contributed by atoms with Crippen LogP contribution in [0.3, 0.4) is 0 Å². The van der Waals surface area contributed by atoms with E-state index in [0.717, 1.165) is 43.7 Å². The van der Waals surface area contributed by atoms with Crippen LogP contribution >= 0.6 is 48.0 Å². The van der Waals surface area contributed by atoms with Crippen molar-refractivity contribution in [2.45, 2.75) is 26.5 Å². The first kappa shape index (κ1) is 27.1.